The molecule has 1 aliphatic heterocycles. The lowest BCUT2D eigenvalue weighted by Gasteiger charge is -2.22. The van der Waals surface area contributed by atoms with Gasteiger partial charge in [-0.3, -0.25) is 9.59 Å². The lowest BCUT2D eigenvalue weighted by atomic mass is 10.2. The molecule has 2 aliphatic rings. The second-order valence-electron chi connectivity index (χ2n) is 5.87. The molecule has 0 aromatic heterocycles. The predicted octanol–water partition coefficient (Wildman–Crippen LogP) is 2.05. The van der Waals surface area contributed by atoms with Crippen LogP contribution in [-0.2, 0) is 4.79 Å². The number of hydrogen-bond acceptors (Lipinski definition) is 2. The van der Waals surface area contributed by atoms with Gasteiger partial charge in [0.15, 0.2) is 11.6 Å². The van der Waals surface area contributed by atoms with E-state index in [-0.39, 0.29) is 23.3 Å². The molecule has 1 saturated heterocycles. The Kier molecular flexibility index (Phi) is 4.09. The van der Waals surface area contributed by atoms with E-state index >= 15 is 0 Å². The van der Waals surface area contributed by atoms with Crippen molar-refractivity contribution in [1.82, 2.24) is 9.80 Å². The maximum absolute atomic E-state index is 13.3. The highest BCUT2D eigenvalue weighted by atomic mass is 19.2. The highest BCUT2D eigenvalue weighted by Gasteiger charge is 2.34. The van der Waals surface area contributed by atoms with Crippen LogP contribution in [0, 0.1) is 17.6 Å². The van der Waals surface area contributed by atoms with Crippen LogP contribution in [0.3, 0.4) is 0 Å². The number of nitrogens with zero attached hydrogens (tertiary/aromatic N) is 2. The van der Waals surface area contributed by atoms with Crippen LogP contribution in [-0.4, -0.2) is 47.8 Å². The Labute approximate surface area is 127 Å². The maximum Gasteiger partial charge on any atom is 0.254 e. The molecule has 2 amide bonds. The first-order chi connectivity index (χ1) is 10.6. The van der Waals surface area contributed by atoms with Gasteiger partial charge in [0, 0.05) is 37.7 Å². The van der Waals surface area contributed by atoms with Crippen molar-refractivity contribution < 1.29 is 18.4 Å². The third kappa shape index (κ3) is 3.10. The normalized spacial score (nSPS) is 19.0. The van der Waals surface area contributed by atoms with Gasteiger partial charge in [-0.15, -0.1) is 0 Å². The quantitative estimate of drug-likeness (QED) is 0.839. The molecule has 1 aliphatic carbocycles. The number of hydrogen-bond donors (Lipinski definition) is 0. The van der Waals surface area contributed by atoms with Gasteiger partial charge in [-0.05, 0) is 37.5 Å². The first kappa shape index (κ1) is 14.9. The predicted molar refractivity (Wildman–Crippen MR) is 76.2 cm³/mol. The summed E-state index contributed by atoms with van der Waals surface area (Å²) >= 11 is 0. The molecule has 1 saturated carbocycles. The summed E-state index contributed by atoms with van der Waals surface area (Å²) in [6.45, 7) is 2.10. The molecule has 1 aromatic carbocycles. The van der Waals surface area contributed by atoms with Crippen LogP contribution < -0.4 is 0 Å². The molecule has 0 atom stereocenters. The number of carbonyl (C=O) groups excluding carboxylic acids is 2. The van der Waals surface area contributed by atoms with Crippen LogP contribution in [0.5, 0.6) is 0 Å². The largest absolute Gasteiger partial charge is 0.341 e. The highest BCUT2D eigenvalue weighted by Crippen LogP contribution is 2.31. The topological polar surface area (TPSA) is 40.6 Å². The second-order valence-corrected chi connectivity index (χ2v) is 5.87. The van der Waals surface area contributed by atoms with Crippen molar-refractivity contribution in [2.75, 3.05) is 26.2 Å². The molecular weight excluding hydrogens is 290 g/mol. The van der Waals surface area contributed by atoms with Gasteiger partial charge in [0.2, 0.25) is 5.91 Å². The number of rotatable bonds is 2. The molecule has 1 heterocycles. The molecule has 0 spiro atoms. The van der Waals surface area contributed by atoms with E-state index in [1.807, 2.05) is 4.90 Å². The summed E-state index contributed by atoms with van der Waals surface area (Å²) in [6.07, 6.45) is 2.63. The smallest absolute Gasteiger partial charge is 0.254 e. The maximum atomic E-state index is 13.3. The van der Waals surface area contributed by atoms with Crippen molar-refractivity contribution in [3.8, 4) is 0 Å². The number of carbonyl (C=O) groups is 2. The van der Waals surface area contributed by atoms with E-state index in [0.717, 1.165) is 25.0 Å². The Morgan fingerprint density at radius 3 is 2.32 bits per heavy atom. The Hall–Kier alpha value is -1.98. The van der Waals surface area contributed by atoms with Crippen molar-refractivity contribution >= 4 is 11.8 Å². The van der Waals surface area contributed by atoms with E-state index in [1.54, 1.807) is 4.90 Å². The van der Waals surface area contributed by atoms with Crippen molar-refractivity contribution in [3.63, 3.8) is 0 Å². The van der Waals surface area contributed by atoms with Crippen molar-refractivity contribution in [2.24, 2.45) is 5.92 Å². The van der Waals surface area contributed by atoms with Crippen LogP contribution in [0.2, 0.25) is 0 Å². The van der Waals surface area contributed by atoms with Crippen LogP contribution in [0.1, 0.15) is 29.6 Å². The second kappa shape index (κ2) is 6.02. The molecular formula is C16H18F2N2O2. The fourth-order valence-corrected chi connectivity index (χ4v) is 2.74. The summed E-state index contributed by atoms with van der Waals surface area (Å²) in [6, 6.07) is 3.18. The van der Waals surface area contributed by atoms with Gasteiger partial charge in [0.05, 0.1) is 0 Å². The number of amides is 2. The lowest BCUT2D eigenvalue weighted by Crippen LogP contribution is -2.38. The van der Waals surface area contributed by atoms with Crippen molar-refractivity contribution in [3.05, 3.63) is 35.4 Å². The molecule has 0 radical (unpaired) electrons. The standard InChI is InChI=1S/C16H18F2N2O2/c17-13-5-4-12(10-14(13)18)16(22)20-7-1-6-19(8-9-20)15(21)11-2-3-11/h4-5,10-11H,1-3,6-9H2. The van der Waals surface area contributed by atoms with Gasteiger partial charge in [-0.1, -0.05) is 0 Å². The van der Waals surface area contributed by atoms with Crippen LogP contribution in [0.25, 0.3) is 0 Å². The SMILES string of the molecule is O=C(c1ccc(F)c(F)c1)N1CCCN(C(=O)C2CC2)CC1. The first-order valence-electron chi connectivity index (χ1n) is 7.59. The number of benzene rings is 1. The van der Waals surface area contributed by atoms with Crippen LogP contribution in [0.4, 0.5) is 8.78 Å². The van der Waals surface area contributed by atoms with Gasteiger partial charge >= 0.3 is 0 Å². The fraction of sp³-hybridized carbons (Fsp3) is 0.500. The fourth-order valence-electron chi connectivity index (χ4n) is 2.74. The number of halogens is 2. The van der Waals surface area contributed by atoms with Gasteiger partial charge in [0.1, 0.15) is 0 Å². The molecule has 1 aromatic rings. The van der Waals surface area contributed by atoms with E-state index in [9.17, 15) is 18.4 Å². The van der Waals surface area contributed by atoms with E-state index in [2.05, 4.69) is 0 Å². The molecule has 2 fully saturated rings. The minimum atomic E-state index is -1.02. The summed E-state index contributed by atoms with van der Waals surface area (Å²) < 4.78 is 26.2. The average Bonchev–Trinajstić information content (AvgIpc) is 3.35. The minimum Gasteiger partial charge on any atom is -0.341 e. The summed E-state index contributed by atoms with van der Waals surface area (Å²) in [5.74, 6) is -1.95. The van der Waals surface area contributed by atoms with Crippen LogP contribution in [0.15, 0.2) is 18.2 Å². The molecule has 0 N–H and O–H groups in total. The molecule has 4 nitrogen and oxygen atoms in total. The molecule has 3 rings (SSSR count). The zero-order chi connectivity index (χ0) is 15.7. The minimum absolute atomic E-state index is 0.140. The Morgan fingerprint density at radius 2 is 1.64 bits per heavy atom. The third-order valence-electron chi connectivity index (χ3n) is 4.19. The van der Waals surface area contributed by atoms with Gasteiger partial charge in [-0.25, -0.2) is 8.78 Å². The summed E-state index contributed by atoms with van der Waals surface area (Å²) in [5, 5.41) is 0. The van der Waals surface area contributed by atoms with E-state index < -0.39 is 11.6 Å². The summed E-state index contributed by atoms with van der Waals surface area (Å²) in [7, 11) is 0. The Bertz CT molecular complexity index is 602. The van der Waals surface area contributed by atoms with E-state index in [4.69, 9.17) is 0 Å². The molecule has 0 bridgehead atoms. The summed E-state index contributed by atoms with van der Waals surface area (Å²) in [5.41, 5.74) is 0.140. The molecule has 118 valence electrons. The molecule has 22 heavy (non-hydrogen) atoms. The summed E-state index contributed by atoms with van der Waals surface area (Å²) in [4.78, 5) is 27.9. The van der Waals surface area contributed by atoms with Crippen molar-refractivity contribution in [1.29, 1.82) is 0 Å². The third-order valence-corrected chi connectivity index (χ3v) is 4.19. The monoisotopic (exact) mass is 308 g/mol. The zero-order valence-electron chi connectivity index (χ0n) is 12.2. The Balaban J connectivity index is 1.65. The molecule has 0 unspecified atom stereocenters. The van der Waals surface area contributed by atoms with E-state index in [0.29, 0.717) is 32.6 Å². The highest BCUT2D eigenvalue weighted by molar-refractivity contribution is 5.94. The van der Waals surface area contributed by atoms with Gasteiger partial charge in [0.25, 0.3) is 5.91 Å². The first-order valence-corrected chi connectivity index (χ1v) is 7.59. The van der Waals surface area contributed by atoms with Crippen LogP contribution >= 0.6 is 0 Å². The Morgan fingerprint density at radius 1 is 0.955 bits per heavy atom. The zero-order valence-corrected chi connectivity index (χ0v) is 12.2. The van der Waals surface area contributed by atoms with E-state index in [1.165, 1.54) is 6.07 Å². The molecule has 6 heteroatoms. The van der Waals surface area contributed by atoms with Gasteiger partial charge < -0.3 is 9.80 Å². The van der Waals surface area contributed by atoms with Crippen molar-refractivity contribution in [2.45, 2.75) is 19.3 Å². The lowest BCUT2D eigenvalue weighted by molar-refractivity contribution is -0.132. The van der Waals surface area contributed by atoms with Gasteiger partial charge in [-0.2, -0.15) is 0 Å². The average molecular weight is 308 g/mol.